The molecule has 0 atom stereocenters. The quantitative estimate of drug-likeness (QED) is 0.134. The lowest BCUT2D eigenvalue weighted by molar-refractivity contribution is -0.123. The highest BCUT2D eigenvalue weighted by atomic mass is 79.9. The third-order valence-corrected chi connectivity index (χ3v) is 5.36. The number of rotatable bonds is 8. The molecule has 6 nitrogen and oxygen atoms in total. The fourth-order valence-corrected chi connectivity index (χ4v) is 3.57. The lowest BCUT2D eigenvalue weighted by Crippen LogP contribution is -2.24. The van der Waals surface area contributed by atoms with Gasteiger partial charge in [0.1, 0.15) is 11.5 Å². The zero-order chi connectivity index (χ0) is 24.5. The number of carbonyl (C=O) groups is 2. The number of amides is 1. The topological polar surface area (TPSA) is 77.0 Å². The second-order valence-electron chi connectivity index (χ2n) is 7.44. The summed E-state index contributed by atoms with van der Waals surface area (Å²) in [7, 11) is 0. The van der Waals surface area contributed by atoms with Gasteiger partial charge in [-0.15, -0.1) is 0 Å². The Hall–Kier alpha value is -4.23. The van der Waals surface area contributed by atoms with E-state index in [0.717, 1.165) is 15.6 Å². The number of halogens is 1. The van der Waals surface area contributed by atoms with Crippen LogP contribution in [0.2, 0.25) is 0 Å². The molecule has 0 unspecified atom stereocenters. The molecule has 0 bridgehead atoms. The van der Waals surface area contributed by atoms with Crippen molar-refractivity contribution in [2.24, 2.45) is 5.10 Å². The van der Waals surface area contributed by atoms with E-state index >= 15 is 0 Å². The zero-order valence-electron chi connectivity index (χ0n) is 18.6. The van der Waals surface area contributed by atoms with Gasteiger partial charge in [-0.2, -0.15) is 5.10 Å². The van der Waals surface area contributed by atoms with Crippen LogP contribution in [0.3, 0.4) is 0 Å². The van der Waals surface area contributed by atoms with Crippen LogP contribution >= 0.6 is 15.9 Å². The minimum atomic E-state index is -0.470. The Balaban J connectivity index is 1.26. The summed E-state index contributed by atoms with van der Waals surface area (Å²) in [6.45, 7) is -0.174. The molecule has 0 aliphatic heterocycles. The summed E-state index contributed by atoms with van der Waals surface area (Å²) in [6.07, 6.45) is 1.46. The van der Waals surface area contributed by atoms with E-state index in [-0.39, 0.29) is 6.61 Å². The highest BCUT2D eigenvalue weighted by Crippen LogP contribution is 2.22. The third kappa shape index (κ3) is 7.12. The highest BCUT2D eigenvalue weighted by molar-refractivity contribution is 9.10. The Kier molecular flexibility index (Phi) is 8.04. The summed E-state index contributed by atoms with van der Waals surface area (Å²) in [6, 6.07) is 31.3. The van der Waals surface area contributed by atoms with Gasteiger partial charge in [-0.3, -0.25) is 4.79 Å². The van der Waals surface area contributed by atoms with Crippen molar-refractivity contribution in [3.63, 3.8) is 0 Å². The lowest BCUT2D eigenvalue weighted by Gasteiger charge is -2.07. The van der Waals surface area contributed by atoms with Crippen molar-refractivity contribution in [3.8, 4) is 22.6 Å². The van der Waals surface area contributed by atoms with Crippen LogP contribution in [-0.4, -0.2) is 24.7 Å². The molecule has 35 heavy (non-hydrogen) atoms. The molecule has 1 amide bonds. The molecular weight excluding hydrogens is 508 g/mol. The first-order valence-corrected chi connectivity index (χ1v) is 11.5. The first kappa shape index (κ1) is 23.9. The second kappa shape index (κ2) is 11.8. The van der Waals surface area contributed by atoms with E-state index in [1.54, 1.807) is 42.5 Å². The summed E-state index contributed by atoms with van der Waals surface area (Å²) in [5.41, 5.74) is 5.68. The van der Waals surface area contributed by atoms with Gasteiger partial charge >= 0.3 is 5.97 Å². The minimum absolute atomic E-state index is 0.174. The molecule has 4 aromatic rings. The molecule has 0 heterocycles. The fraction of sp³-hybridized carbons (Fsp3) is 0.0357. The maximum absolute atomic E-state index is 12.3. The van der Waals surface area contributed by atoms with Crippen molar-refractivity contribution in [1.82, 2.24) is 5.43 Å². The molecule has 0 aliphatic rings. The number of carbonyl (C=O) groups excluding carboxylic acids is 2. The van der Waals surface area contributed by atoms with Crippen molar-refractivity contribution in [2.75, 3.05) is 6.61 Å². The van der Waals surface area contributed by atoms with Gasteiger partial charge in [0, 0.05) is 4.47 Å². The third-order valence-electron chi connectivity index (χ3n) is 4.86. The number of hydrazone groups is 1. The Morgan fingerprint density at radius 3 is 2.31 bits per heavy atom. The number of hydrogen-bond acceptors (Lipinski definition) is 5. The van der Waals surface area contributed by atoms with E-state index in [9.17, 15) is 9.59 Å². The molecule has 0 saturated heterocycles. The maximum Gasteiger partial charge on any atom is 0.343 e. The van der Waals surface area contributed by atoms with Gasteiger partial charge in [-0.1, -0.05) is 76.6 Å². The van der Waals surface area contributed by atoms with E-state index in [1.807, 2.05) is 60.7 Å². The summed E-state index contributed by atoms with van der Waals surface area (Å²) in [5, 5.41) is 3.95. The highest BCUT2D eigenvalue weighted by Gasteiger charge is 2.09. The van der Waals surface area contributed by atoms with Crippen molar-refractivity contribution >= 4 is 34.0 Å². The largest absolute Gasteiger partial charge is 0.484 e. The second-order valence-corrected chi connectivity index (χ2v) is 8.36. The van der Waals surface area contributed by atoms with E-state index in [4.69, 9.17) is 9.47 Å². The minimum Gasteiger partial charge on any atom is -0.484 e. The molecule has 4 rings (SSSR count). The fourth-order valence-electron chi connectivity index (χ4n) is 3.17. The van der Waals surface area contributed by atoms with Crippen LogP contribution < -0.4 is 14.9 Å². The molecule has 0 radical (unpaired) electrons. The molecule has 0 aliphatic carbocycles. The molecule has 0 spiro atoms. The number of hydrogen-bond donors (Lipinski definition) is 1. The van der Waals surface area contributed by atoms with Crippen molar-refractivity contribution in [3.05, 3.63) is 119 Å². The number of nitrogens with one attached hydrogen (secondary N) is 1. The number of ether oxygens (including phenoxy) is 2. The van der Waals surface area contributed by atoms with Gasteiger partial charge in [-0.05, 0) is 59.2 Å². The molecule has 174 valence electrons. The van der Waals surface area contributed by atoms with Gasteiger partial charge in [0.25, 0.3) is 5.91 Å². The van der Waals surface area contributed by atoms with Crippen LogP contribution in [0.5, 0.6) is 11.5 Å². The monoisotopic (exact) mass is 528 g/mol. The molecule has 7 heteroatoms. The van der Waals surface area contributed by atoms with E-state index in [0.29, 0.717) is 22.6 Å². The van der Waals surface area contributed by atoms with E-state index in [1.165, 1.54) is 6.21 Å². The van der Waals surface area contributed by atoms with Gasteiger partial charge in [-0.25, -0.2) is 10.2 Å². The predicted octanol–water partition coefficient (Wildman–Crippen LogP) is 5.86. The Morgan fingerprint density at radius 2 is 1.54 bits per heavy atom. The molecule has 4 aromatic carbocycles. The van der Waals surface area contributed by atoms with Crippen LogP contribution in [0.15, 0.2) is 113 Å². The smallest absolute Gasteiger partial charge is 0.343 e. The zero-order valence-corrected chi connectivity index (χ0v) is 20.1. The normalized spacial score (nSPS) is 10.7. The van der Waals surface area contributed by atoms with Crippen molar-refractivity contribution in [2.45, 2.75) is 0 Å². The van der Waals surface area contributed by atoms with Crippen LogP contribution in [-0.2, 0) is 4.79 Å². The Morgan fingerprint density at radius 1 is 0.800 bits per heavy atom. The SMILES string of the molecule is O=C(COc1ccc(-c2ccccc2)cc1)N/N=C\c1cccc(OC(=O)c2cccc(Br)c2)c1. The number of esters is 1. The Bertz CT molecular complexity index is 1340. The molecule has 0 saturated carbocycles. The summed E-state index contributed by atoms with van der Waals surface area (Å²) >= 11 is 3.33. The number of nitrogens with zero attached hydrogens (tertiary/aromatic N) is 1. The van der Waals surface area contributed by atoms with Gasteiger partial charge in [0.2, 0.25) is 0 Å². The van der Waals surface area contributed by atoms with Gasteiger partial charge < -0.3 is 9.47 Å². The van der Waals surface area contributed by atoms with Crippen LogP contribution in [0.25, 0.3) is 11.1 Å². The number of benzene rings is 4. The van der Waals surface area contributed by atoms with E-state index in [2.05, 4.69) is 26.5 Å². The average Bonchev–Trinajstić information content (AvgIpc) is 2.88. The first-order valence-electron chi connectivity index (χ1n) is 10.7. The molecule has 0 aromatic heterocycles. The Labute approximate surface area is 211 Å². The average molecular weight is 529 g/mol. The lowest BCUT2D eigenvalue weighted by atomic mass is 10.1. The van der Waals surface area contributed by atoms with E-state index < -0.39 is 11.9 Å². The summed E-state index contributed by atoms with van der Waals surface area (Å²) < 4.78 is 11.7. The van der Waals surface area contributed by atoms with Gasteiger partial charge in [0.15, 0.2) is 6.61 Å². The summed E-state index contributed by atoms with van der Waals surface area (Å²) in [4.78, 5) is 24.4. The summed E-state index contributed by atoms with van der Waals surface area (Å²) in [5.74, 6) is 0.0876. The maximum atomic E-state index is 12.3. The van der Waals surface area contributed by atoms with Crippen molar-refractivity contribution in [1.29, 1.82) is 0 Å². The van der Waals surface area contributed by atoms with Crippen LogP contribution in [0.4, 0.5) is 0 Å². The standard InChI is InChI=1S/C28H21BrN2O4/c29-24-10-5-9-23(17-24)28(33)35-26-11-4-6-20(16-26)18-30-31-27(32)19-34-25-14-12-22(13-15-25)21-7-2-1-3-8-21/h1-18H,19H2,(H,31,32)/b30-18-. The predicted molar refractivity (Wildman–Crippen MR) is 139 cm³/mol. The van der Waals surface area contributed by atoms with Crippen molar-refractivity contribution < 1.29 is 19.1 Å². The van der Waals surface area contributed by atoms with Gasteiger partial charge in [0.05, 0.1) is 11.8 Å². The van der Waals surface area contributed by atoms with Crippen LogP contribution in [0, 0.1) is 0 Å². The molecule has 1 N–H and O–H groups in total. The molecule has 0 fully saturated rings. The first-order chi connectivity index (χ1) is 17.1. The molecular formula is C28H21BrN2O4. The van der Waals surface area contributed by atoms with Crippen LogP contribution in [0.1, 0.15) is 15.9 Å².